The van der Waals surface area contributed by atoms with E-state index in [4.69, 9.17) is 11.5 Å². The zero-order valence-corrected chi connectivity index (χ0v) is 12.6. The van der Waals surface area contributed by atoms with Gasteiger partial charge in [-0.2, -0.15) is 0 Å². The molecule has 0 unspecified atom stereocenters. The number of rotatable bonds is 0. The van der Waals surface area contributed by atoms with Gasteiger partial charge in [0.15, 0.2) is 0 Å². The van der Waals surface area contributed by atoms with Gasteiger partial charge < -0.3 is 11.5 Å². The third-order valence-corrected chi connectivity index (χ3v) is 5.10. The molecule has 1 aliphatic rings. The molecule has 0 aliphatic heterocycles. The average molecular weight is 561 g/mol. The quantitative estimate of drug-likeness (QED) is 0.269. The molecule has 0 aromatic heterocycles. The summed E-state index contributed by atoms with van der Waals surface area (Å²) in [5.41, 5.74) is 11.4. The molecule has 1 aliphatic carbocycles. The molecule has 1 fully saturated rings. The Hall–Kier alpha value is 2.07. The van der Waals surface area contributed by atoms with E-state index in [9.17, 15) is 0 Å². The molecule has 0 aromatic carbocycles. The van der Waals surface area contributed by atoms with Gasteiger partial charge in [-0.25, -0.2) is 0 Å². The van der Waals surface area contributed by atoms with Gasteiger partial charge in [-0.1, -0.05) is 58.0 Å². The molecule has 0 spiro atoms. The first-order valence-electron chi connectivity index (χ1n) is 3.41. The van der Waals surface area contributed by atoms with Crippen molar-refractivity contribution in [2.24, 2.45) is 11.5 Å². The minimum Gasteiger partial charge on any atom is -0.312 e. The maximum absolute atomic E-state index is 5.92. The van der Waals surface area contributed by atoms with Crippen LogP contribution in [0.3, 0.4) is 0 Å². The maximum atomic E-state index is 5.92. The number of hydrogen-bond donors (Lipinski definition) is 2. The number of nitrogens with two attached hydrogens (primary N) is 2. The Morgan fingerprint density at radius 3 is 1.73 bits per heavy atom. The van der Waals surface area contributed by atoms with Crippen molar-refractivity contribution >= 4 is 45.2 Å². The minimum atomic E-state index is -0.452. The van der Waals surface area contributed by atoms with Crippen molar-refractivity contribution in [2.75, 3.05) is 0 Å². The van der Waals surface area contributed by atoms with E-state index in [1.54, 1.807) is 0 Å². The molecule has 70 valence electrons. The van der Waals surface area contributed by atoms with E-state index in [1.807, 2.05) is 0 Å². The molecule has 5 heteroatoms. The standard InChI is InChI=1S/C6H12I2N2.Pt/c7-5(8)3-1-2-4-6(5,9)10;/h1-4,9-10H2;. The largest absolute Gasteiger partial charge is 0.312 e. The van der Waals surface area contributed by atoms with Crippen LogP contribution in [0.1, 0.15) is 25.7 Å². The third-order valence-electron chi connectivity index (χ3n) is 2.01. The van der Waals surface area contributed by atoms with Crippen LogP contribution >= 0.6 is 45.2 Å². The smallest absolute Gasteiger partial charge is 0.104 e. The Balaban J connectivity index is 0.000001000. The van der Waals surface area contributed by atoms with Crippen LogP contribution in [0.25, 0.3) is 0 Å². The summed E-state index contributed by atoms with van der Waals surface area (Å²) in [4.78, 5) is 0. The predicted molar refractivity (Wildman–Crippen MR) is 60.3 cm³/mol. The summed E-state index contributed by atoms with van der Waals surface area (Å²) in [6, 6.07) is 0. The first-order valence-corrected chi connectivity index (χ1v) is 5.57. The van der Waals surface area contributed by atoms with Gasteiger partial charge in [0.05, 0.1) is 5.66 Å². The molecule has 0 atom stereocenters. The van der Waals surface area contributed by atoms with Crippen molar-refractivity contribution in [3.63, 3.8) is 0 Å². The van der Waals surface area contributed by atoms with Crippen LogP contribution in [0.4, 0.5) is 0 Å². The van der Waals surface area contributed by atoms with Gasteiger partial charge in [-0.15, -0.1) is 0 Å². The Labute approximate surface area is 109 Å². The van der Waals surface area contributed by atoms with Gasteiger partial charge in [0, 0.05) is 21.1 Å². The fourth-order valence-electron chi connectivity index (χ4n) is 1.18. The monoisotopic (exact) mass is 561 g/mol. The Morgan fingerprint density at radius 2 is 1.45 bits per heavy atom. The van der Waals surface area contributed by atoms with Crippen LogP contribution in [0.2, 0.25) is 0 Å². The van der Waals surface area contributed by atoms with E-state index in [0.29, 0.717) is 0 Å². The van der Waals surface area contributed by atoms with Crippen molar-refractivity contribution in [3.05, 3.63) is 0 Å². The summed E-state index contributed by atoms with van der Waals surface area (Å²) in [5, 5.41) is 0. The molecule has 0 saturated heterocycles. The summed E-state index contributed by atoms with van der Waals surface area (Å²) in [5.74, 6) is 0. The van der Waals surface area contributed by atoms with Crippen molar-refractivity contribution in [1.29, 1.82) is 0 Å². The molecule has 11 heavy (non-hydrogen) atoms. The SMILES string of the molecule is NC1(N)CCCCC1(I)I.[Pt]. The summed E-state index contributed by atoms with van der Waals surface area (Å²) >= 11 is 4.74. The van der Waals surface area contributed by atoms with E-state index in [0.717, 1.165) is 12.8 Å². The second kappa shape index (κ2) is 4.53. The Morgan fingerprint density at radius 1 is 1.00 bits per heavy atom. The van der Waals surface area contributed by atoms with Crippen molar-refractivity contribution in [3.8, 4) is 0 Å². The van der Waals surface area contributed by atoms with Gasteiger partial charge >= 0.3 is 0 Å². The Bertz CT molecular complexity index is 123. The van der Waals surface area contributed by atoms with Crippen LogP contribution < -0.4 is 11.5 Å². The topological polar surface area (TPSA) is 52.0 Å². The van der Waals surface area contributed by atoms with Crippen LogP contribution in [0, 0.1) is 0 Å². The van der Waals surface area contributed by atoms with Gasteiger partial charge in [-0.3, -0.25) is 0 Å². The second-order valence-corrected chi connectivity index (χ2v) is 8.70. The van der Waals surface area contributed by atoms with Crippen LogP contribution in [0.5, 0.6) is 0 Å². The van der Waals surface area contributed by atoms with Gasteiger partial charge in [0.1, 0.15) is 1.43 Å². The van der Waals surface area contributed by atoms with Crippen LogP contribution in [-0.2, 0) is 21.1 Å². The molecule has 0 amide bonds. The zero-order chi connectivity index (χ0) is 7.83. The average Bonchev–Trinajstić information content (AvgIpc) is 1.77. The van der Waals surface area contributed by atoms with Crippen LogP contribution in [-0.4, -0.2) is 7.09 Å². The van der Waals surface area contributed by atoms with Gasteiger partial charge in [0.2, 0.25) is 0 Å². The molecule has 4 N–H and O–H groups in total. The number of halogens is 2. The summed E-state index contributed by atoms with van der Waals surface area (Å²) in [6.07, 6.45) is 4.54. The molecule has 2 nitrogen and oxygen atoms in total. The summed E-state index contributed by atoms with van der Waals surface area (Å²) in [7, 11) is 0. The van der Waals surface area contributed by atoms with E-state index in [2.05, 4.69) is 45.2 Å². The van der Waals surface area contributed by atoms with E-state index < -0.39 is 5.66 Å². The molecule has 0 bridgehead atoms. The first-order chi connectivity index (χ1) is 4.46. The molecule has 1 saturated carbocycles. The number of hydrogen-bond acceptors (Lipinski definition) is 2. The van der Waals surface area contributed by atoms with Crippen LogP contribution in [0.15, 0.2) is 0 Å². The molecule has 0 heterocycles. The summed E-state index contributed by atoms with van der Waals surface area (Å²) < 4.78 is 0.0702. The maximum Gasteiger partial charge on any atom is 0.104 e. The first kappa shape index (κ1) is 13.1. The van der Waals surface area contributed by atoms with E-state index in [1.165, 1.54) is 12.8 Å². The molecule has 0 aromatic rings. The predicted octanol–water partition coefficient (Wildman–Crippen LogP) is 1.74. The van der Waals surface area contributed by atoms with Crippen molar-refractivity contribution in [1.82, 2.24) is 0 Å². The fraction of sp³-hybridized carbons (Fsp3) is 1.00. The van der Waals surface area contributed by atoms with Crippen molar-refractivity contribution < 1.29 is 21.1 Å². The van der Waals surface area contributed by atoms with Gasteiger partial charge in [-0.05, 0) is 12.8 Å². The fourth-order valence-corrected chi connectivity index (χ4v) is 2.48. The third kappa shape index (κ3) is 3.04. The molecular formula is C6H12I2N2Pt. The molecule has 0 radical (unpaired) electrons. The molecule has 1 rings (SSSR count). The Kier molecular flexibility index (Phi) is 5.38. The summed E-state index contributed by atoms with van der Waals surface area (Å²) in [6.45, 7) is 0. The normalized spacial score (nSPS) is 27.3. The molecular weight excluding hydrogens is 549 g/mol. The van der Waals surface area contributed by atoms with E-state index in [-0.39, 0.29) is 22.5 Å². The van der Waals surface area contributed by atoms with Crippen molar-refractivity contribution in [2.45, 2.75) is 32.8 Å². The van der Waals surface area contributed by atoms with Gasteiger partial charge in [0.25, 0.3) is 0 Å². The minimum absolute atomic E-state index is 0. The second-order valence-electron chi connectivity index (χ2n) is 2.95. The number of alkyl halides is 2. The van der Waals surface area contributed by atoms with E-state index >= 15 is 0 Å². The zero-order valence-electron chi connectivity index (χ0n) is 6.06.